The summed E-state index contributed by atoms with van der Waals surface area (Å²) < 4.78 is 11.2. The second-order valence-corrected chi connectivity index (χ2v) is 7.48. The molecule has 5 nitrogen and oxygen atoms in total. The molecule has 6 heteroatoms. The van der Waals surface area contributed by atoms with Crippen molar-refractivity contribution in [2.24, 2.45) is 4.99 Å². The fourth-order valence-corrected chi connectivity index (χ4v) is 3.82. The number of nitrogens with zero attached hydrogens (tertiary/aromatic N) is 2. The fourth-order valence-electron chi connectivity index (χ4n) is 2.76. The molecule has 2 aromatic carbocycles. The standard InChI is InChI=1S/C22H24N2O3S/c1-5-24-21(25)20(28-22(24)23-17-9-7-6-8-10-17)14-16-11-12-18(27-15(2)3)19(13-16)26-4/h6-15H,5H2,1-4H3/b20-14+,23-22?. The molecule has 1 aliphatic rings. The molecule has 2 aromatic rings. The highest BCUT2D eigenvalue weighted by molar-refractivity contribution is 8.18. The lowest BCUT2D eigenvalue weighted by Gasteiger charge is -2.14. The highest BCUT2D eigenvalue weighted by atomic mass is 32.2. The molecule has 0 spiro atoms. The van der Waals surface area contributed by atoms with Crippen LogP contribution in [0.5, 0.6) is 11.5 Å². The molecule has 28 heavy (non-hydrogen) atoms. The number of methoxy groups -OCH3 is 1. The predicted molar refractivity (Wildman–Crippen MR) is 115 cm³/mol. The first-order valence-electron chi connectivity index (χ1n) is 9.21. The van der Waals surface area contributed by atoms with Gasteiger partial charge < -0.3 is 9.47 Å². The van der Waals surface area contributed by atoms with E-state index in [0.29, 0.717) is 28.1 Å². The summed E-state index contributed by atoms with van der Waals surface area (Å²) in [5.41, 5.74) is 1.70. The average Bonchev–Trinajstić information content (AvgIpc) is 2.97. The third-order valence-corrected chi connectivity index (χ3v) is 5.04. The van der Waals surface area contributed by atoms with E-state index in [9.17, 15) is 4.79 Å². The van der Waals surface area contributed by atoms with Crippen LogP contribution in [0.2, 0.25) is 0 Å². The van der Waals surface area contributed by atoms with Gasteiger partial charge in [0.05, 0.1) is 23.8 Å². The van der Waals surface area contributed by atoms with E-state index in [4.69, 9.17) is 9.47 Å². The SMILES string of the molecule is CCN1C(=O)/C(=C\c2ccc(OC(C)C)c(OC)c2)SC1=Nc1ccccc1. The van der Waals surface area contributed by atoms with Crippen molar-refractivity contribution >= 4 is 34.6 Å². The number of amidine groups is 1. The molecule has 1 aliphatic heterocycles. The van der Waals surface area contributed by atoms with Crippen molar-refractivity contribution in [1.29, 1.82) is 0 Å². The van der Waals surface area contributed by atoms with Gasteiger partial charge >= 0.3 is 0 Å². The number of likely N-dealkylation sites (N-methyl/N-ethyl adjacent to an activating group) is 1. The Balaban J connectivity index is 1.90. The number of amides is 1. The Bertz CT molecular complexity index is 907. The van der Waals surface area contributed by atoms with Crippen molar-refractivity contribution in [3.63, 3.8) is 0 Å². The normalized spacial score (nSPS) is 17.0. The van der Waals surface area contributed by atoms with Crippen LogP contribution in [0.15, 0.2) is 58.4 Å². The smallest absolute Gasteiger partial charge is 0.266 e. The van der Waals surface area contributed by atoms with Gasteiger partial charge in [0, 0.05) is 6.54 Å². The third kappa shape index (κ3) is 4.57. The zero-order chi connectivity index (χ0) is 20.1. The number of carbonyl (C=O) groups excluding carboxylic acids is 1. The number of para-hydroxylation sites is 1. The van der Waals surface area contributed by atoms with Gasteiger partial charge in [-0.1, -0.05) is 24.3 Å². The van der Waals surface area contributed by atoms with Gasteiger partial charge in [-0.15, -0.1) is 0 Å². The molecular weight excluding hydrogens is 372 g/mol. The Morgan fingerprint density at radius 3 is 2.54 bits per heavy atom. The molecule has 0 aromatic heterocycles. The van der Waals surface area contributed by atoms with Crippen LogP contribution in [-0.2, 0) is 4.79 Å². The van der Waals surface area contributed by atoms with Crippen molar-refractivity contribution < 1.29 is 14.3 Å². The number of thioether (sulfide) groups is 1. The van der Waals surface area contributed by atoms with E-state index in [0.717, 1.165) is 11.3 Å². The van der Waals surface area contributed by atoms with E-state index >= 15 is 0 Å². The van der Waals surface area contributed by atoms with Crippen molar-refractivity contribution in [2.45, 2.75) is 26.9 Å². The largest absolute Gasteiger partial charge is 0.493 e. The van der Waals surface area contributed by atoms with Crippen LogP contribution < -0.4 is 9.47 Å². The second kappa shape index (κ2) is 8.97. The first-order chi connectivity index (χ1) is 13.5. The summed E-state index contributed by atoms with van der Waals surface area (Å²) in [6, 6.07) is 15.3. The van der Waals surface area contributed by atoms with Gasteiger partial charge in [0.1, 0.15) is 0 Å². The molecule has 1 amide bonds. The van der Waals surface area contributed by atoms with Gasteiger partial charge in [-0.25, -0.2) is 4.99 Å². The highest BCUT2D eigenvalue weighted by Crippen LogP contribution is 2.35. The minimum absolute atomic E-state index is 0.0383. The molecule has 1 fully saturated rings. The van der Waals surface area contributed by atoms with Gasteiger partial charge in [-0.3, -0.25) is 9.69 Å². The van der Waals surface area contributed by atoms with Crippen molar-refractivity contribution in [3.8, 4) is 11.5 Å². The summed E-state index contributed by atoms with van der Waals surface area (Å²) in [6.07, 6.45) is 1.92. The van der Waals surface area contributed by atoms with Crippen molar-refractivity contribution in [2.75, 3.05) is 13.7 Å². The lowest BCUT2D eigenvalue weighted by molar-refractivity contribution is -0.122. The molecule has 0 aliphatic carbocycles. The lowest BCUT2D eigenvalue weighted by atomic mass is 10.2. The molecular formula is C22H24N2O3S. The van der Waals surface area contributed by atoms with Crippen LogP contribution in [0, 0.1) is 0 Å². The summed E-state index contributed by atoms with van der Waals surface area (Å²) in [7, 11) is 1.61. The number of rotatable bonds is 6. The van der Waals surface area contributed by atoms with Gasteiger partial charge in [0.25, 0.3) is 5.91 Å². The van der Waals surface area contributed by atoms with Crippen LogP contribution in [0.3, 0.4) is 0 Å². The minimum Gasteiger partial charge on any atom is -0.493 e. The maximum Gasteiger partial charge on any atom is 0.266 e. The molecule has 0 bridgehead atoms. The topological polar surface area (TPSA) is 51.1 Å². The van der Waals surface area contributed by atoms with E-state index in [1.807, 2.05) is 75.4 Å². The number of carbonyl (C=O) groups is 1. The molecule has 1 saturated heterocycles. The molecule has 0 radical (unpaired) electrons. The number of ether oxygens (including phenoxy) is 2. The quantitative estimate of drug-likeness (QED) is 0.637. The molecule has 0 N–H and O–H groups in total. The van der Waals surface area contributed by atoms with Crippen molar-refractivity contribution in [3.05, 3.63) is 59.0 Å². The zero-order valence-corrected chi connectivity index (χ0v) is 17.3. The Hall–Kier alpha value is -2.73. The highest BCUT2D eigenvalue weighted by Gasteiger charge is 2.32. The monoisotopic (exact) mass is 396 g/mol. The Labute approximate surface area is 170 Å². The van der Waals surface area contributed by atoms with Crippen LogP contribution in [0.25, 0.3) is 6.08 Å². The average molecular weight is 397 g/mol. The van der Waals surface area contributed by atoms with Crippen LogP contribution in [-0.4, -0.2) is 35.7 Å². The summed E-state index contributed by atoms with van der Waals surface area (Å²) in [5.74, 6) is 1.29. The molecule has 1 heterocycles. The van der Waals surface area contributed by atoms with E-state index < -0.39 is 0 Å². The van der Waals surface area contributed by atoms with Gasteiger partial charge in [0.2, 0.25) is 0 Å². The summed E-state index contributed by atoms with van der Waals surface area (Å²) in [5, 5.41) is 0.691. The third-order valence-electron chi connectivity index (χ3n) is 4.03. The molecule has 3 rings (SSSR count). The van der Waals surface area contributed by atoms with Gasteiger partial charge in [-0.05, 0) is 68.4 Å². The van der Waals surface area contributed by atoms with Crippen LogP contribution in [0.4, 0.5) is 5.69 Å². The molecule has 0 unspecified atom stereocenters. The molecule has 0 saturated carbocycles. The molecule has 0 atom stereocenters. The maximum absolute atomic E-state index is 12.8. The fraction of sp³-hybridized carbons (Fsp3) is 0.273. The van der Waals surface area contributed by atoms with Crippen LogP contribution in [0.1, 0.15) is 26.3 Å². The second-order valence-electron chi connectivity index (χ2n) is 6.47. The summed E-state index contributed by atoms with van der Waals surface area (Å²) in [6.45, 7) is 6.45. The van der Waals surface area contributed by atoms with E-state index in [-0.39, 0.29) is 12.0 Å². The van der Waals surface area contributed by atoms with Gasteiger partial charge in [-0.2, -0.15) is 0 Å². The summed E-state index contributed by atoms with van der Waals surface area (Å²) in [4.78, 5) is 19.8. The Kier molecular flexibility index (Phi) is 6.41. The minimum atomic E-state index is -0.0383. The first-order valence-corrected chi connectivity index (χ1v) is 10.0. The Morgan fingerprint density at radius 2 is 1.89 bits per heavy atom. The summed E-state index contributed by atoms with van der Waals surface area (Å²) >= 11 is 1.38. The maximum atomic E-state index is 12.8. The number of benzene rings is 2. The first kappa shape index (κ1) is 20.0. The van der Waals surface area contributed by atoms with Gasteiger partial charge in [0.15, 0.2) is 16.7 Å². The van der Waals surface area contributed by atoms with E-state index in [1.54, 1.807) is 12.0 Å². The predicted octanol–water partition coefficient (Wildman–Crippen LogP) is 5.11. The number of aliphatic imine (C=N–C) groups is 1. The lowest BCUT2D eigenvalue weighted by Crippen LogP contribution is -2.28. The van der Waals surface area contributed by atoms with Crippen molar-refractivity contribution in [1.82, 2.24) is 4.90 Å². The number of hydrogen-bond donors (Lipinski definition) is 0. The van der Waals surface area contributed by atoms with E-state index in [1.165, 1.54) is 11.8 Å². The zero-order valence-electron chi connectivity index (χ0n) is 16.5. The Morgan fingerprint density at radius 1 is 1.14 bits per heavy atom. The molecule has 146 valence electrons. The van der Waals surface area contributed by atoms with E-state index in [2.05, 4.69) is 4.99 Å². The van der Waals surface area contributed by atoms with Crippen LogP contribution >= 0.6 is 11.8 Å². The number of hydrogen-bond acceptors (Lipinski definition) is 5.